The highest BCUT2D eigenvalue weighted by Gasteiger charge is 2.37. The van der Waals surface area contributed by atoms with Gasteiger partial charge in [-0.15, -0.1) is 12.4 Å². The number of aliphatic hydroxyl groups is 1. The van der Waals surface area contributed by atoms with E-state index in [1.54, 1.807) is 6.07 Å². The molecule has 1 aromatic rings. The average molecular weight is 349 g/mol. The van der Waals surface area contributed by atoms with E-state index in [1.807, 2.05) is 26.8 Å². The number of rotatable bonds is 4. The van der Waals surface area contributed by atoms with E-state index in [0.29, 0.717) is 5.02 Å². The van der Waals surface area contributed by atoms with Crippen LogP contribution in [0.4, 0.5) is 0 Å². The van der Waals surface area contributed by atoms with Gasteiger partial charge in [-0.1, -0.05) is 25.4 Å². The number of phenolic OH excluding ortho intramolecular Hbond substituents is 1. The number of benzene rings is 1. The lowest BCUT2D eigenvalue weighted by molar-refractivity contribution is 0.0292. The van der Waals surface area contributed by atoms with Crippen LogP contribution >= 0.6 is 24.0 Å². The molecule has 1 aliphatic heterocycles. The van der Waals surface area contributed by atoms with E-state index in [9.17, 15) is 10.2 Å². The van der Waals surface area contributed by atoms with Crippen molar-refractivity contribution in [1.82, 2.24) is 10.2 Å². The Labute approximate surface area is 143 Å². The summed E-state index contributed by atoms with van der Waals surface area (Å²) in [5.41, 5.74) is 1.21. The number of hydrogen-bond donors (Lipinski definition) is 3. The van der Waals surface area contributed by atoms with Crippen molar-refractivity contribution in [2.75, 3.05) is 32.8 Å². The fraction of sp³-hybridized carbons (Fsp3) is 0.625. The summed E-state index contributed by atoms with van der Waals surface area (Å²) in [5, 5.41) is 24.3. The molecule has 1 heterocycles. The average Bonchev–Trinajstić information content (AvgIpc) is 2.45. The fourth-order valence-corrected chi connectivity index (χ4v) is 3.39. The van der Waals surface area contributed by atoms with E-state index in [4.69, 9.17) is 11.6 Å². The number of nitrogens with zero attached hydrogens (tertiary/aromatic N) is 1. The molecule has 22 heavy (non-hydrogen) atoms. The van der Waals surface area contributed by atoms with Gasteiger partial charge in [0.25, 0.3) is 0 Å². The first-order valence-corrected chi connectivity index (χ1v) is 7.79. The van der Waals surface area contributed by atoms with Gasteiger partial charge in [0.2, 0.25) is 0 Å². The topological polar surface area (TPSA) is 55.7 Å². The molecule has 0 aliphatic carbocycles. The molecular weight excluding hydrogens is 323 g/mol. The van der Waals surface area contributed by atoms with Crippen molar-refractivity contribution in [3.05, 3.63) is 28.3 Å². The molecule has 0 bridgehead atoms. The predicted octanol–water partition coefficient (Wildman–Crippen LogP) is 2.74. The Morgan fingerprint density at radius 1 is 1.32 bits per heavy atom. The third-order valence-electron chi connectivity index (χ3n) is 4.25. The summed E-state index contributed by atoms with van der Waals surface area (Å²) < 4.78 is 0. The number of piperazine rings is 1. The van der Waals surface area contributed by atoms with Crippen molar-refractivity contribution in [2.45, 2.75) is 26.8 Å². The van der Waals surface area contributed by atoms with Gasteiger partial charge in [0, 0.05) is 54.8 Å². The second-order valence-electron chi connectivity index (χ2n) is 6.50. The van der Waals surface area contributed by atoms with Crippen molar-refractivity contribution < 1.29 is 10.2 Å². The van der Waals surface area contributed by atoms with Crippen LogP contribution in [0.3, 0.4) is 0 Å². The summed E-state index contributed by atoms with van der Waals surface area (Å²) in [6.45, 7) is 9.55. The Bertz CT molecular complexity index is 503. The molecule has 3 N–H and O–H groups in total. The van der Waals surface area contributed by atoms with Gasteiger partial charge >= 0.3 is 0 Å². The van der Waals surface area contributed by atoms with E-state index in [-0.39, 0.29) is 36.2 Å². The quantitative estimate of drug-likeness (QED) is 0.782. The van der Waals surface area contributed by atoms with Gasteiger partial charge in [-0.2, -0.15) is 0 Å². The van der Waals surface area contributed by atoms with E-state index in [1.165, 1.54) is 0 Å². The lowest BCUT2D eigenvalue weighted by Crippen LogP contribution is -2.49. The molecule has 1 aromatic carbocycles. The molecule has 0 radical (unpaired) electrons. The first-order valence-electron chi connectivity index (χ1n) is 7.41. The van der Waals surface area contributed by atoms with Crippen LogP contribution in [-0.2, 0) is 0 Å². The molecule has 1 aliphatic rings. The second kappa shape index (κ2) is 7.84. The maximum absolute atomic E-state index is 10.5. The summed E-state index contributed by atoms with van der Waals surface area (Å²) in [7, 11) is 0. The molecule has 126 valence electrons. The van der Waals surface area contributed by atoms with Crippen molar-refractivity contribution in [3.8, 4) is 5.75 Å². The summed E-state index contributed by atoms with van der Waals surface area (Å²) >= 11 is 6.19. The van der Waals surface area contributed by atoms with Crippen LogP contribution in [0.1, 0.15) is 31.0 Å². The van der Waals surface area contributed by atoms with Gasteiger partial charge in [-0.25, -0.2) is 0 Å². The van der Waals surface area contributed by atoms with Crippen molar-refractivity contribution >= 4 is 24.0 Å². The minimum absolute atomic E-state index is 0. The molecule has 1 atom stereocenters. The largest absolute Gasteiger partial charge is 0.507 e. The first-order chi connectivity index (χ1) is 9.86. The minimum Gasteiger partial charge on any atom is -0.507 e. The third-order valence-corrected chi connectivity index (χ3v) is 4.47. The number of hydrogen-bond acceptors (Lipinski definition) is 4. The minimum atomic E-state index is -0.369. The molecule has 0 aromatic heterocycles. The van der Waals surface area contributed by atoms with Crippen LogP contribution < -0.4 is 5.32 Å². The number of nitrogens with one attached hydrogen (secondary N) is 1. The zero-order valence-corrected chi connectivity index (χ0v) is 15.0. The SMILES string of the molecule is Cc1cc(Cl)cc([C@@H](N2CCNCC2)C(C)(C)CO)c1O.Cl. The highest BCUT2D eigenvalue weighted by molar-refractivity contribution is 6.30. The van der Waals surface area contributed by atoms with E-state index in [0.717, 1.165) is 37.3 Å². The van der Waals surface area contributed by atoms with Gasteiger partial charge in [0.15, 0.2) is 0 Å². The van der Waals surface area contributed by atoms with Crippen LogP contribution in [0.25, 0.3) is 0 Å². The summed E-state index contributed by atoms with van der Waals surface area (Å²) in [5.74, 6) is 0.282. The molecule has 6 heteroatoms. The molecular formula is C16H26Cl2N2O2. The van der Waals surface area contributed by atoms with E-state index in [2.05, 4.69) is 10.2 Å². The standard InChI is InChI=1S/C16H25ClN2O2.ClH/c1-11-8-12(17)9-13(14(11)21)15(16(2,3)10-20)19-6-4-18-5-7-19;/h8-9,15,18,20-21H,4-7,10H2,1-3H3;1H/t15-;/m1./s1. The van der Waals surface area contributed by atoms with Gasteiger partial charge in [-0.05, 0) is 24.6 Å². The van der Waals surface area contributed by atoms with Crippen LogP contribution in [-0.4, -0.2) is 47.9 Å². The lowest BCUT2D eigenvalue weighted by Gasteiger charge is -2.43. The van der Waals surface area contributed by atoms with Crippen molar-refractivity contribution in [2.24, 2.45) is 5.41 Å². The van der Waals surface area contributed by atoms with Crippen LogP contribution in [0.15, 0.2) is 12.1 Å². The number of phenols is 1. The maximum Gasteiger partial charge on any atom is 0.123 e. The van der Waals surface area contributed by atoms with Crippen LogP contribution in [0.5, 0.6) is 5.75 Å². The van der Waals surface area contributed by atoms with Crippen LogP contribution in [0.2, 0.25) is 5.02 Å². The second-order valence-corrected chi connectivity index (χ2v) is 6.93. The molecule has 1 fully saturated rings. The Morgan fingerprint density at radius 3 is 2.45 bits per heavy atom. The van der Waals surface area contributed by atoms with Gasteiger partial charge in [-0.3, -0.25) is 4.90 Å². The van der Waals surface area contributed by atoms with E-state index >= 15 is 0 Å². The Kier molecular flexibility index (Phi) is 6.96. The van der Waals surface area contributed by atoms with E-state index < -0.39 is 0 Å². The molecule has 0 spiro atoms. The van der Waals surface area contributed by atoms with Crippen molar-refractivity contribution in [1.29, 1.82) is 0 Å². The molecule has 1 saturated heterocycles. The molecule has 0 amide bonds. The smallest absolute Gasteiger partial charge is 0.123 e. The van der Waals surface area contributed by atoms with Crippen molar-refractivity contribution in [3.63, 3.8) is 0 Å². The number of halogens is 2. The Morgan fingerprint density at radius 2 is 1.91 bits per heavy atom. The third kappa shape index (κ3) is 4.06. The predicted molar refractivity (Wildman–Crippen MR) is 93.2 cm³/mol. The Hall–Kier alpha value is -0.520. The Balaban J connectivity index is 0.00000242. The number of aromatic hydroxyl groups is 1. The lowest BCUT2D eigenvalue weighted by atomic mass is 9.79. The highest BCUT2D eigenvalue weighted by Crippen LogP contribution is 2.43. The van der Waals surface area contributed by atoms with Crippen LogP contribution in [0, 0.1) is 12.3 Å². The summed E-state index contributed by atoms with van der Waals surface area (Å²) in [6, 6.07) is 3.52. The molecule has 2 rings (SSSR count). The normalized spacial score (nSPS) is 17.9. The van der Waals surface area contributed by atoms with Gasteiger partial charge in [0.05, 0.1) is 0 Å². The zero-order chi connectivity index (χ0) is 15.6. The summed E-state index contributed by atoms with van der Waals surface area (Å²) in [4.78, 5) is 2.32. The first kappa shape index (κ1) is 19.5. The molecule has 0 unspecified atom stereocenters. The molecule has 4 nitrogen and oxygen atoms in total. The van der Waals surface area contributed by atoms with Gasteiger partial charge in [0.1, 0.15) is 5.75 Å². The zero-order valence-electron chi connectivity index (χ0n) is 13.4. The number of aryl methyl sites for hydroxylation is 1. The summed E-state index contributed by atoms with van der Waals surface area (Å²) in [6.07, 6.45) is 0. The maximum atomic E-state index is 10.5. The highest BCUT2D eigenvalue weighted by atomic mass is 35.5. The monoisotopic (exact) mass is 348 g/mol. The number of aliphatic hydroxyl groups excluding tert-OH is 1. The van der Waals surface area contributed by atoms with Gasteiger partial charge < -0.3 is 15.5 Å². The fourth-order valence-electron chi connectivity index (χ4n) is 3.11. The molecule has 0 saturated carbocycles.